The molecule has 90 valence electrons. The second kappa shape index (κ2) is 6.52. The van der Waals surface area contributed by atoms with E-state index in [1.54, 1.807) is 16.4 Å². The number of aromatic nitrogens is 3. The summed E-state index contributed by atoms with van der Waals surface area (Å²) in [7, 11) is 0. The second-order valence-corrected chi connectivity index (χ2v) is 4.67. The van der Waals surface area contributed by atoms with Crippen molar-refractivity contribution in [2.75, 3.05) is 11.2 Å². The zero-order chi connectivity index (χ0) is 12.0. The van der Waals surface area contributed by atoms with E-state index >= 15 is 0 Å². The number of unbranched alkanes of at least 4 members (excludes halogenated alkanes) is 1. The fourth-order valence-electron chi connectivity index (χ4n) is 1.21. The van der Waals surface area contributed by atoms with Crippen LogP contribution in [-0.4, -0.2) is 26.5 Å². The maximum atomic E-state index is 11.6. The van der Waals surface area contributed by atoms with E-state index in [1.807, 2.05) is 13.8 Å². The number of aryl methyl sites for hydroxylation is 1. The first-order chi connectivity index (χ1) is 7.69. The van der Waals surface area contributed by atoms with Crippen molar-refractivity contribution in [1.29, 1.82) is 0 Å². The standard InChI is InChI=1S/C10H18N4OS/c1-4-6-7-9(15)13-14-8(3)11-12-10(14)16-5-2/h4-7H2,1-3H3,(H,13,15). The lowest BCUT2D eigenvalue weighted by atomic mass is 10.2. The Morgan fingerprint density at radius 2 is 2.19 bits per heavy atom. The Bertz CT molecular complexity index is 351. The van der Waals surface area contributed by atoms with Crippen LogP contribution in [0.5, 0.6) is 0 Å². The first kappa shape index (κ1) is 13.0. The molecule has 1 rings (SSSR count). The lowest BCUT2D eigenvalue weighted by Crippen LogP contribution is -2.24. The van der Waals surface area contributed by atoms with Gasteiger partial charge in [-0.3, -0.25) is 10.2 Å². The largest absolute Gasteiger partial charge is 0.273 e. The topological polar surface area (TPSA) is 59.8 Å². The third-order valence-corrected chi connectivity index (χ3v) is 2.87. The summed E-state index contributed by atoms with van der Waals surface area (Å²) >= 11 is 1.56. The van der Waals surface area contributed by atoms with Gasteiger partial charge >= 0.3 is 0 Å². The van der Waals surface area contributed by atoms with E-state index < -0.39 is 0 Å². The minimum atomic E-state index is 0.0164. The lowest BCUT2D eigenvalue weighted by Gasteiger charge is -2.08. The van der Waals surface area contributed by atoms with Crippen molar-refractivity contribution >= 4 is 17.7 Å². The number of carbonyl (C=O) groups is 1. The Morgan fingerprint density at radius 3 is 2.81 bits per heavy atom. The molecule has 0 aliphatic rings. The highest BCUT2D eigenvalue weighted by atomic mass is 32.2. The molecule has 0 spiro atoms. The number of amides is 1. The Balaban J connectivity index is 2.64. The minimum absolute atomic E-state index is 0.0164. The van der Waals surface area contributed by atoms with Crippen LogP contribution < -0.4 is 5.43 Å². The quantitative estimate of drug-likeness (QED) is 0.775. The number of nitrogens with zero attached hydrogens (tertiary/aromatic N) is 3. The number of rotatable bonds is 6. The van der Waals surface area contributed by atoms with Gasteiger partial charge in [-0.15, -0.1) is 10.2 Å². The van der Waals surface area contributed by atoms with Crippen LogP contribution in [0, 0.1) is 6.92 Å². The van der Waals surface area contributed by atoms with Gasteiger partial charge < -0.3 is 0 Å². The molecule has 16 heavy (non-hydrogen) atoms. The van der Waals surface area contributed by atoms with Crippen LogP contribution in [0.15, 0.2) is 5.16 Å². The Morgan fingerprint density at radius 1 is 1.44 bits per heavy atom. The van der Waals surface area contributed by atoms with Crippen LogP contribution in [0.2, 0.25) is 0 Å². The summed E-state index contributed by atoms with van der Waals surface area (Å²) in [6.45, 7) is 5.93. The summed E-state index contributed by atoms with van der Waals surface area (Å²) in [5, 5.41) is 8.69. The maximum Gasteiger partial charge on any atom is 0.238 e. The normalized spacial score (nSPS) is 10.4. The molecule has 0 saturated carbocycles. The van der Waals surface area contributed by atoms with E-state index in [2.05, 4.69) is 22.5 Å². The average Bonchev–Trinajstić information content (AvgIpc) is 2.59. The predicted molar refractivity (Wildman–Crippen MR) is 65.0 cm³/mol. The van der Waals surface area contributed by atoms with Gasteiger partial charge in [0.25, 0.3) is 0 Å². The highest BCUT2D eigenvalue weighted by Crippen LogP contribution is 2.14. The van der Waals surface area contributed by atoms with E-state index in [0.29, 0.717) is 12.2 Å². The summed E-state index contributed by atoms with van der Waals surface area (Å²) in [5.41, 5.74) is 2.81. The van der Waals surface area contributed by atoms with E-state index in [1.165, 1.54) is 0 Å². The summed E-state index contributed by atoms with van der Waals surface area (Å²) in [4.78, 5) is 11.6. The number of thioether (sulfide) groups is 1. The van der Waals surface area contributed by atoms with Crippen LogP contribution in [0.4, 0.5) is 0 Å². The number of nitrogens with one attached hydrogen (secondary N) is 1. The molecule has 1 heterocycles. The van der Waals surface area contributed by atoms with Crippen molar-refractivity contribution in [2.45, 2.75) is 45.2 Å². The van der Waals surface area contributed by atoms with Crippen LogP contribution in [0.3, 0.4) is 0 Å². The zero-order valence-corrected chi connectivity index (χ0v) is 10.8. The molecular formula is C10H18N4OS. The molecule has 0 saturated heterocycles. The molecule has 0 radical (unpaired) electrons. The molecule has 6 heteroatoms. The second-order valence-electron chi connectivity index (χ2n) is 3.44. The summed E-state index contributed by atoms with van der Waals surface area (Å²) in [6.07, 6.45) is 2.47. The zero-order valence-electron chi connectivity index (χ0n) is 9.99. The Kier molecular flexibility index (Phi) is 5.31. The van der Waals surface area contributed by atoms with E-state index in [9.17, 15) is 4.79 Å². The van der Waals surface area contributed by atoms with Gasteiger partial charge in [-0.1, -0.05) is 32.0 Å². The van der Waals surface area contributed by atoms with Crippen molar-refractivity contribution in [2.24, 2.45) is 0 Å². The molecule has 1 amide bonds. The fourth-order valence-corrected chi connectivity index (χ4v) is 1.88. The molecular weight excluding hydrogens is 224 g/mol. The molecule has 1 N–H and O–H groups in total. The van der Waals surface area contributed by atoms with Gasteiger partial charge in [0.15, 0.2) is 0 Å². The van der Waals surface area contributed by atoms with Gasteiger partial charge in [-0.2, -0.15) is 0 Å². The highest BCUT2D eigenvalue weighted by Gasteiger charge is 2.10. The van der Waals surface area contributed by atoms with Crippen molar-refractivity contribution in [3.63, 3.8) is 0 Å². The summed E-state index contributed by atoms with van der Waals surface area (Å²) < 4.78 is 1.66. The molecule has 1 aromatic heterocycles. The molecule has 0 bridgehead atoms. The number of hydrogen-bond donors (Lipinski definition) is 1. The van der Waals surface area contributed by atoms with Gasteiger partial charge in [0.1, 0.15) is 5.82 Å². The molecule has 1 aromatic rings. The highest BCUT2D eigenvalue weighted by molar-refractivity contribution is 7.99. The fraction of sp³-hybridized carbons (Fsp3) is 0.700. The number of hydrogen-bond acceptors (Lipinski definition) is 4. The van der Waals surface area contributed by atoms with E-state index in [-0.39, 0.29) is 5.91 Å². The van der Waals surface area contributed by atoms with Gasteiger partial charge in [0.05, 0.1) is 0 Å². The Hall–Kier alpha value is -1.04. The van der Waals surface area contributed by atoms with Crippen LogP contribution in [0.1, 0.15) is 38.9 Å². The SMILES string of the molecule is CCCCC(=O)Nn1c(C)nnc1SCC. The van der Waals surface area contributed by atoms with Crippen LogP contribution in [-0.2, 0) is 4.79 Å². The molecule has 0 atom stereocenters. The molecule has 0 aliphatic heterocycles. The molecule has 0 aliphatic carbocycles. The van der Waals surface area contributed by atoms with Gasteiger partial charge in [-0.05, 0) is 19.1 Å². The maximum absolute atomic E-state index is 11.6. The molecule has 0 aromatic carbocycles. The number of carbonyl (C=O) groups excluding carboxylic acids is 1. The molecule has 0 fully saturated rings. The van der Waals surface area contributed by atoms with E-state index in [0.717, 1.165) is 23.8 Å². The van der Waals surface area contributed by atoms with Crippen molar-refractivity contribution in [3.05, 3.63) is 5.82 Å². The summed E-state index contributed by atoms with van der Waals surface area (Å²) in [6, 6.07) is 0. The molecule has 0 unspecified atom stereocenters. The minimum Gasteiger partial charge on any atom is -0.273 e. The Labute approximate surface area is 100.0 Å². The van der Waals surface area contributed by atoms with E-state index in [4.69, 9.17) is 0 Å². The molecule has 5 nitrogen and oxygen atoms in total. The van der Waals surface area contributed by atoms with Gasteiger partial charge in [0.2, 0.25) is 11.1 Å². The first-order valence-electron chi connectivity index (χ1n) is 5.53. The smallest absolute Gasteiger partial charge is 0.238 e. The van der Waals surface area contributed by atoms with Gasteiger partial charge in [-0.25, -0.2) is 4.68 Å². The van der Waals surface area contributed by atoms with Crippen LogP contribution in [0.25, 0.3) is 0 Å². The third kappa shape index (κ3) is 3.52. The van der Waals surface area contributed by atoms with Crippen LogP contribution >= 0.6 is 11.8 Å². The summed E-state index contributed by atoms with van der Waals surface area (Å²) in [5.74, 6) is 1.63. The predicted octanol–water partition coefficient (Wildman–Crippen LogP) is 1.96. The van der Waals surface area contributed by atoms with Crippen molar-refractivity contribution < 1.29 is 4.79 Å². The third-order valence-electron chi connectivity index (χ3n) is 2.06. The lowest BCUT2D eigenvalue weighted by molar-refractivity contribution is -0.117. The van der Waals surface area contributed by atoms with Crippen molar-refractivity contribution in [3.8, 4) is 0 Å². The average molecular weight is 242 g/mol. The monoisotopic (exact) mass is 242 g/mol. The first-order valence-corrected chi connectivity index (χ1v) is 6.52. The van der Waals surface area contributed by atoms with Crippen molar-refractivity contribution in [1.82, 2.24) is 14.9 Å². The van der Waals surface area contributed by atoms with Gasteiger partial charge in [0, 0.05) is 6.42 Å².